The van der Waals surface area contributed by atoms with Gasteiger partial charge in [0.2, 0.25) is 5.91 Å². The third kappa shape index (κ3) is 5.90. The molecule has 28 heavy (non-hydrogen) atoms. The Morgan fingerprint density at radius 3 is 2.32 bits per heavy atom. The first-order chi connectivity index (χ1) is 13.4. The van der Waals surface area contributed by atoms with E-state index in [-0.39, 0.29) is 18.4 Å². The Labute approximate surface area is 165 Å². The standard InChI is InChI=1S/C21H26N2O5/c1-14(2)28-18-11-9-16(13-19(18)27-4)21(25)23-22-20(24)12-10-15-7-5-6-8-17(15)26-3/h5-9,11,13-14H,10,12H2,1-4H3,(H,22,24)(H,23,25). The minimum atomic E-state index is -0.444. The van der Waals surface area contributed by atoms with Crippen LogP contribution in [-0.2, 0) is 11.2 Å². The van der Waals surface area contributed by atoms with Gasteiger partial charge in [-0.15, -0.1) is 0 Å². The van der Waals surface area contributed by atoms with Gasteiger partial charge in [-0.1, -0.05) is 18.2 Å². The highest BCUT2D eigenvalue weighted by Gasteiger charge is 2.13. The van der Waals surface area contributed by atoms with Crippen LogP contribution >= 0.6 is 0 Å². The van der Waals surface area contributed by atoms with Crippen LogP contribution in [-0.4, -0.2) is 32.1 Å². The molecule has 7 nitrogen and oxygen atoms in total. The fourth-order valence-electron chi connectivity index (χ4n) is 2.58. The van der Waals surface area contributed by atoms with Gasteiger partial charge in [-0.3, -0.25) is 20.4 Å². The van der Waals surface area contributed by atoms with Gasteiger partial charge in [0.25, 0.3) is 5.91 Å². The van der Waals surface area contributed by atoms with Gasteiger partial charge in [0, 0.05) is 12.0 Å². The van der Waals surface area contributed by atoms with Crippen LogP contribution in [0.5, 0.6) is 17.2 Å². The molecule has 0 spiro atoms. The first kappa shape index (κ1) is 21.1. The number of aryl methyl sites for hydroxylation is 1. The van der Waals surface area contributed by atoms with Crippen molar-refractivity contribution in [2.24, 2.45) is 0 Å². The first-order valence-corrected chi connectivity index (χ1v) is 9.00. The molecule has 2 amide bonds. The van der Waals surface area contributed by atoms with E-state index in [0.29, 0.717) is 23.5 Å². The topological polar surface area (TPSA) is 85.9 Å². The van der Waals surface area contributed by atoms with Crippen molar-refractivity contribution >= 4 is 11.8 Å². The number of para-hydroxylation sites is 1. The van der Waals surface area contributed by atoms with Crippen molar-refractivity contribution < 1.29 is 23.8 Å². The Morgan fingerprint density at radius 2 is 1.64 bits per heavy atom. The number of methoxy groups -OCH3 is 2. The average molecular weight is 386 g/mol. The number of carbonyl (C=O) groups is 2. The maximum atomic E-state index is 12.3. The lowest BCUT2D eigenvalue weighted by atomic mass is 10.1. The van der Waals surface area contributed by atoms with Gasteiger partial charge in [0.15, 0.2) is 11.5 Å². The summed E-state index contributed by atoms with van der Waals surface area (Å²) in [7, 11) is 3.09. The fourth-order valence-corrected chi connectivity index (χ4v) is 2.58. The molecule has 0 heterocycles. The third-order valence-electron chi connectivity index (χ3n) is 3.92. The molecule has 0 aliphatic rings. The molecule has 0 aliphatic heterocycles. The molecule has 0 radical (unpaired) electrons. The molecule has 0 fully saturated rings. The number of hydrogen-bond acceptors (Lipinski definition) is 5. The van der Waals surface area contributed by atoms with E-state index in [1.54, 1.807) is 25.3 Å². The molecule has 0 atom stereocenters. The van der Waals surface area contributed by atoms with E-state index in [4.69, 9.17) is 14.2 Å². The van der Waals surface area contributed by atoms with Gasteiger partial charge in [0.1, 0.15) is 5.75 Å². The van der Waals surface area contributed by atoms with Crippen LogP contribution in [0.25, 0.3) is 0 Å². The maximum absolute atomic E-state index is 12.3. The largest absolute Gasteiger partial charge is 0.496 e. The van der Waals surface area contributed by atoms with Gasteiger partial charge in [-0.2, -0.15) is 0 Å². The van der Waals surface area contributed by atoms with Crippen molar-refractivity contribution in [2.45, 2.75) is 32.8 Å². The zero-order chi connectivity index (χ0) is 20.5. The summed E-state index contributed by atoms with van der Waals surface area (Å²) in [5, 5.41) is 0. The van der Waals surface area contributed by atoms with Crippen LogP contribution < -0.4 is 25.1 Å². The molecule has 2 rings (SSSR count). The zero-order valence-electron chi connectivity index (χ0n) is 16.6. The summed E-state index contributed by atoms with van der Waals surface area (Å²) in [6, 6.07) is 12.3. The SMILES string of the molecule is COc1ccccc1CCC(=O)NNC(=O)c1ccc(OC(C)C)c(OC)c1. The summed E-state index contributed by atoms with van der Waals surface area (Å²) in [5.74, 6) is 0.986. The van der Waals surface area contributed by atoms with Crippen molar-refractivity contribution in [1.29, 1.82) is 0 Å². The highest BCUT2D eigenvalue weighted by atomic mass is 16.5. The Kier molecular flexibility index (Phi) is 7.68. The third-order valence-corrected chi connectivity index (χ3v) is 3.92. The predicted octanol–water partition coefficient (Wildman–Crippen LogP) is 2.88. The summed E-state index contributed by atoms with van der Waals surface area (Å²) in [4.78, 5) is 24.3. The normalized spacial score (nSPS) is 10.3. The van der Waals surface area contributed by atoms with Crippen molar-refractivity contribution in [2.75, 3.05) is 14.2 Å². The molecular formula is C21H26N2O5. The number of amides is 2. The van der Waals surface area contributed by atoms with Gasteiger partial charge in [-0.25, -0.2) is 0 Å². The lowest BCUT2D eigenvalue weighted by molar-refractivity contribution is -0.121. The number of benzene rings is 2. The fraction of sp³-hybridized carbons (Fsp3) is 0.333. The lowest BCUT2D eigenvalue weighted by Gasteiger charge is -2.14. The molecule has 0 saturated heterocycles. The number of nitrogens with one attached hydrogen (secondary N) is 2. The van der Waals surface area contributed by atoms with Crippen LogP contribution in [0, 0.1) is 0 Å². The number of hydrazine groups is 1. The smallest absolute Gasteiger partial charge is 0.269 e. The van der Waals surface area contributed by atoms with E-state index < -0.39 is 5.91 Å². The molecule has 2 aromatic carbocycles. The number of hydrogen-bond donors (Lipinski definition) is 2. The highest BCUT2D eigenvalue weighted by Crippen LogP contribution is 2.28. The average Bonchev–Trinajstić information content (AvgIpc) is 2.70. The molecule has 150 valence electrons. The number of ether oxygens (including phenoxy) is 3. The second-order valence-corrected chi connectivity index (χ2v) is 6.35. The molecule has 0 bridgehead atoms. The maximum Gasteiger partial charge on any atom is 0.269 e. The minimum Gasteiger partial charge on any atom is -0.496 e. The Hall–Kier alpha value is -3.22. The van der Waals surface area contributed by atoms with Crippen molar-refractivity contribution in [3.8, 4) is 17.2 Å². The minimum absolute atomic E-state index is 0.0175. The Morgan fingerprint density at radius 1 is 0.929 bits per heavy atom. The Bertz CT molecular complexity index is 820. The first-order valence-electron chi connectivity index (χ1n) is 9.00. The lowest BCUT2D eigenvalue weighted by Crippen LogP contribution is -2.41. The zero-order valence-corrected chi connectivity index (χ0v) is 16.6. The second kappa shape index (κ2) is 10.2. The quantitative estimate of drug-likeness (QED) is 0.682. The van der Waals surface area contributed by atoms with Gasteiger partial charge < -0.3 is 14.2 Å². The Balaban J connectivity index is 1.90. The molecule has 0 aliphatic carbocycles. The van der Waals surface area contributed by atoms with Crippen LogP contribution in [0.3, 0.4) is 0 Å². The van der Waals surface area contributed by atoms with Crippen LogP contribution in [0.15, 0.2) is 42.5 Å². The molecular weight excluding hydrogens is 360 g/mol. The molecule has 2 N–H and O–H groups in total. The highest BCUT2D eigenvalue weighted by molar-refractivity contribution is 5.96. The monoisotopic (exact) mass is 386 g/mol. The summed E-state index contributed by atoms with van der Waals surface area (Å²) in [6.07, 6.45) is 0.697. The van der Waals surface area contributed by atoms with Crippen LogP contribution in [0.1, 0.15) is 36.2 Å². The van der Waals surface area contributed by atoms with Crippen LogP contribution in [0.4, 0.5) is 0 Å². The number of rotatable bonds is 8. The summed E-state index contributed by atoms with van der Waals surface area (Å²) >= 11 is 0. The van der Waals surface area contributed by atoms with Crippen molar-refractivity contribution in [1.82, 2.24) is 10.9 Å². The van der Waals surface area contributed by atoms with Gasteiger partial charge in [0.05, 0.1) is 20.3 Å². The molecule has 2 aromatic rings. The van der Waals surface area contributed by atoms with E-state index >= 15 is 0 Å². The van der Waals surface area contributed by atoms with E-state index in [0.717, 1.165) is 11.3 Å². The summed E-state index contributed by atoms with van der Waals surface area (Å²) in [5.41, 5.74) is 6.10. The van der Waals surface area contributed by atoms with Crippen molar-refractivity contribution in [3.05, 3.63) is 53.6 Å². The molecule has 7 heteroatoms. The van der Waals surface area contributed by atoms with E-state index in [1.165, 1.54) is 7.11 Å². The molecule has 0 saturated carbocycles. The van der Waals surface area contributed by atoms with E-state index in [2.05, 4.69) is 10.9 Å². The predicted molar refractivity (Wildman–Crippen MR) is 106 cm³/mol. The van der Waals surface area contributed by atoms with Crippen LogP contribution in [0.2, 0.25) is 0 Å². The van der Waals surface area contributed by atoms with E-state index in [9.17, 15) is 9.59 Å². The number of carbonyl (C=O) groups excluding carboxylic acids is 2. The van der Waals surface area contributed by atoms with E-state index in [1.807, 2.05) is 38.1 Å². The van der Waals surface area contributed by atoms with Gasteiger partial charge in [-0.05, 0) is 50.1 Å². The molecule has 0 unspecified atom stereocenters. The summed E-state index contributed by atoms with van der Waals surface area (Å²) in [6.45, 7) is 3.81. The molecule has 0 aromatic heterocycles. The second-order valence-electron chi connectivity index (χ2n) is 6.35. The summed E-state index contributed by atoms with van der Waals surface area (Å²) < 4.78 is 16.2. The van der Waals surface area contributed by atoms with Crippen molar-refractivity contribution in [3.63, 3.8) is 0 Å². The van der Waals surface area contributed by atoms with Gasteiger partial charge >= 0.3 is 0 Å².